The van der Waals surface area contributed by atoms with E-state index < -0.39 is 0 Å². The van der Waals surface area contributed by atoms with Gasteiger partial charge in [0.2, 0.25) is 0 Å². The van der Waals surface area contributed by atoms with Crippen molar-refractivity contribution in [3.8, 4) is 0 Å². The standard InChI is InChI=1S/C16H24Cl2/c1-2-3-4-5-6-7-8-9-16(18)14-10-12-15(17)13-11-14/h10-13,16H,2-9H2,1H3. The zero-order chi connectivity index (χ0) is 13.2. The molecule has 0 bridgehead atoms. The summed E-state index contributed by atoms with van der Waals surface area (Å²) in [5, 5.41) is 0.913. The van der Waals surface area contributed by atoms with E-state index in [-0.39, 0.29) is 5.38 Å². The number of hydrogen-bond acceptors (Lipinski definition) is 0. The van der Waals surface area contributed by atoms with Gasteiger partial charge in [-0.2, -0.15) is 0 Å². The van der Waals surface area contributed by atoms with Crippen molar-refractivity contribution >= 4 is 23.2 Å². The van der Waals surface area contributed by atoms with Gasteiger partial charge in [0.25, 0.3) is 0 Å². The van der Waals surface area contributed by atoms with Crippen molar-refractivity contribution in [1.82, 2.24) is 0 Å². The van der Waals surface area contributed by atoms with E-state index >= 15 is 0 Å². The van der Waals surface area contributed by atoms with Gasteiger partial charge in [0.05, 0.1) is 5.38 Å². The number of rotatable bonds is 9. The molecule has 0 radical (unpaired) electrons. The summed E-state index contributed by atoms with van der Waals surface area (Å²) >= 11 is 12.2. The Bertz CT molecular complexity index is 305. The van der Waals surface area contributed by atoms with Gasteiger partial charge in [-0.1, -0.05) is 75.6 Å². The van der Waals surface area contributed by atoms with Gasteiger partial charge in [0.1, 0.15) is 0 Å². The molecule has 1 unspecified atom stereocenters. The van der Waals surface area contributed by atoms with Gasteiger partial charge in [0, 0.05) is 5.02 Å². The van der Waals surface area contributed by atoms with Gasteiger partial charge in [-0.25, -0.2) is 0 Å². The second-order valence-electron chi connectivity index (χ2n) is 4.93. The van der Waals surface area contributed by atoms with Gasteiger partial charge >= 0.3 is 0 Å². The van der Waals surface area contributed by atoms with Crippen LogP contribution in [0.2, 0.25) is 5.02 Å². The van der Waals surface area contributed by atoms with Gasteiger partial charge in [-0.05, 0) is 24.1 Å². The molecule has 0 saturated heterocycles. The fourth-order valence-corrected chi connectivity index (χ4v) is 2.54. The Balaban J connectivity index is 2.10. The third-order valence-corrected chi connectivity index (χ3v) is 4.01. The monoisotopic (exact) mass is 286 g/mol. The van der Waals surface area contributed by atoms with Gasteiger partial charge in [-0.15, -0.1) is 11.6 Å². The van der Waals surface area contributed by atoms with Crippen molar-refractivity contribution in [1.29, 1.82) is 0 Å². The Kier molecular flexibility index (Phi) is 8.54. The predicted octanol–water partition coefficient (Wildman–Crippen LogP) is 6.76. The summed E-state index contributed by atoms with van der Waals surface area (Å²) in [5.41, 5.74) is 1.19. The summed E-state index contributed by atoms with van der Waals surface area (Å²) in [4.78, 5) is 0. The summed E-state index contributed by atoms with van der Waals surface area (Å²) in [5.74, 6) is 0. The van der Waals surface area contributed by atoms with Crippen LogP contribution in [-0.4, -0.2) is 0 Å². The van der Waals surface area contributed by atoms with Crippen LogP contribution in [0.25, 0.3) is 0 Å². The molecule has 0 fully saturated rings. The first kappa shape index (κ1) is 15.9. The van der Waals surface area contributed by atoms with Gasteiger partial charge in [0.15, 0.2) is 0 Å². The quantitative estimate of drug-likeness (QED) is 0.347. The lowest BCUT2D eigenvalue weighted by molar-refractivity contribution is 0.572. The molecule has 1 atom stereocenters. The van der Waals surface area contributed by atoms with Crippen LogP contribution in [0.4, 0.5) is 0 Å². The molecule has 0 aromatic heterocycles. The normalized spacial score (nSPS) is 12.6. The molecule has 0 N–H and O–H groups in total. The summed E-state index contributed by atoms with van der Waals surface area (Å²) in [6, 6.07) is 7.89. The Morgan fingerprint density at radius 3 is 2.06 bits per heavy atom. The fraction of sp³-hybridized carbons (Fsp3) is 0.625. The molecule has 102 valence electrons. The van der Waals surface area contributed by atoms with E-state index in [4.69, 9.17) is 23.2 Å². The zero-order valence-electron chi connectivity index (χ0n) is 11.3. The SMILES string of the molecule is CCCCCCCCCC(Cl)c1ccc(Cl)cc1. The van der Waals surface area contributed by atoms with Crippen molar-refractivity contribution < 1.29 is 0 Å². The number of alkyl halides is 1. The molecule has 0 aliphatic heterocycles. The van der Waals surface area contributed by atoms with Crippen LogP contribution in [0.3, 0.4) is 0 Å². The second kappa shape index (κ2) is 9.69. The molecular formula is C16H24Cl2. The molecule has 2 heteroatoms. The van der Waals surface area contributed by atoms with E-state index in [1.54, 1.807) is 0 Å². The Morgan fingerprint density at radius 2 is 1.44 bits per heavy atom. The van der Waals surface area contributed by atoms with E-state index in [1.807, 2.05) is 24.3 Å². The molecule has 1 rings (SSSR count). The van der Waals surface area contributed by atoms with Gasteiger partial charge in [-0.3, -0.25) is 0 Å². The van der Waals surface area contributed by atoms with Crippen LogP contribution < -0.4 is 0 Å². The molecule has 0 aliphatic rings. The lowest BCUT2D eigenvalue weighted by Crippen LogP contribution is -1.90. The van der Waals surface area contributed by atoms with Crippen molar-refractivity contribution in [3.05, 3.63) is 34.9 Å². The van der Waals surface area contributed by atoms with Crippen molar-refractivity contribution in [3.63, 3.8) is 0 Å². The Labute approximate surface area is 122 Å². The Morgan fingerprint density at radius 1 is 0.889 bits per heavy atom. The Hall–Kier alpha value is -0.200. The molecule has 0 aliphatic carbocycles. The number of halogens is 2. The van der Waals surface area contributed by atoms with E-state index in [1.165, 1.54) is 50.5 Å². The second-order valence-corrected chi connectivity index (χ2v) is 5.89. The third-order valence-electron chi connectivity index (χ3n) is 3.29. The molecule has 0 amide bonds. The van der Waals surface area contributed by atoms with Crippen LogP contribution in [0.5, 0.6) is 0 Å². The van der Waals surface area contributed by atoms with E-state index in [9.17, 15) is 0 Å². The fourth-order valence-electron chi connectivity index (χ4n) is 2.12. The highest BCUT2D eigenvalue weighted by Gasteiger charge is 2.06. The first-order chi connectivity index (χ1) is 8.74. The van der Waals surface area contributed by atoms with Crippen molar-refractivity contribution in [2.24, 2.45) is 0 Å². The average molecular weight is 287 g/mol. The van der Waals surface area contributed by atoms with E-state index in [2.05, 4.69) is 6.92 Å². The molecule has 0 saturated carbocycles. The topological polar surface area (TPSA) is 0 Å². The maximum absolute atomic E-state index is 6.38. The number of hydrogen-bond donors (Lipinski definition) is 0. The van der Waals surface area contributed by atoms with E-state index in [0.29, 0.717) is 0 Å². The summed E-state index contributed by atoms with van der Waals surface area (Å²) in [6.45, 7) is 2.25. The molecule has 1 aromatic carbocycles. The van der Waals surface area contributed by atoms with Crippen LogP contribution in [0.15, 0.2) is 24.3 Å². The van der Waals surface area contributed by atoms with Crippen LogP contribution in [0, 0.1) is 0 Å². The van der Waals surface area contributed by atoms with Crippen molar-refractivity contribution in [2.75, 3.05) is 0 Å². The average Bonchev–Trinajstić information content (AvgIpc) is 2.38. The maximum atomic E-state index is 6.38. The van der Waals surface area contributed by atoms with Crippen molar-refractivity contribution in [2.45, 2.75) is 63.7 Å². The molecule has 0 spiro atoms. The minimum absolute atomic E-state index is 0.137. The number of unbranched alkanes of at least 4 members (excludes halogenated alkanes) is 6. The smallest absolute Gasteiger partial charge is 0.0585 e. The molecule has 0 heterocycles. The highest BCUT2D eigenvalue weighted by atomic mass is 35.5. The third kappa shape index (κ3) is 6.66. The molecule has 0 nitrogen and oxygen atoms in total. The first-order valence-corrected chi connectivity index (χ1v) is 7.95. The lowest BCUT2D eigenvalue weighted by Gasteiger charge is -2.09. The van der Waals surface area contributed by atoms with E-state index in [0.717, 1.165) is 11.4 Å². The molecule has 18 heavy (non-hydrogen) atoms. The zero-order valence-corrected chi connectivity index (χ0v) is 12.8. The van der Waals surface area contributed by atoms with Crippen LogP contribution in [-0.2, 0) is 0 Å². The lowest BCUT2D eigenvalue weighted by atomic mass is 10.0. The predicted molar refractivity (Wildman–Crippen MR) is 82.7 cm³/mol. The summed E-state index contributed by atoms with van der Waals surface area (Å²) in [6.07, 6.45) is 10.4. The molecular weight excluding hydrogens is 263 g/mol. The number of benzene rings is 1. The van der Waals surface area contributed by atoms with Gasteiger partial charge < -0.3 is 0 Å². The van der Waals surface area contributed by atoms with Crippen LogP contribution in [0.1, 0.15) is 69.2 Å². The van der Waals surface area contributed by atoms with Crippen LogP contribution >= 0.6 is 23.2 Å². The largest absolute Gasteiger partial charge is 0.118 e. The summed E-state index contributed by atoms with van der Waals surface area (Å²) < 4.78 is 0. The minimum Gasteiger partial charge on any atom is -0.118 e. The minimum atomic E-state index is 0.137. The summed E-state index contributed by atoms with van der Waals surface area (Å²) in [7, 11) is 0. The maximum Gasteiger partial charge on any atom is 0.0585 e. The highest BCUT2D eigenvalue weighted by Crippen LogP contribution is 2.27. The highest BCUT2D eigenvalue weighted by molar-refractivity contribution is 6.30. The first-order valence-electron chi connectivity index (χ1n) is 7.13. The molecule has 1 aromatic rings.